The van der Waals surface area contributed by atoms with E-state index in [2.05, 4.69) is 0 Å². The van der Waals surface area contributed by atoms with Gasteiger partial charge in [-0.25, -0.2) is 8.78 Å². The fourth-order valence-corrected chi connectivity index (χ4v) is 1.16. The third kappa shape index (κ3) is 2.49. The Kier molecular flexibility index (Phi) is 3.72. The van der Waals surface area contributed by atoms with E-state index in [1.54, 1.807) is 6.07 Å². The summed E-state index contributed by atoms with van der Waals surface area (Å²) >= 11 is 0. The fraction of sp³-hybridized carbons (Fsp3) is 0.300. The first kappa shape index (κ1) is 11.6. The zero-order chi connectivity index (χ0) is 11.4. The summed E-state index contributed by atoms with van der Waals surface area (Å²) in [7, 11) is 0. The van der Waals surface area contributed by atoms with Crippen LogP contribution in [-0.4, -0.2) is 16.3 Å². The lowest BCUT2D eigenvalue weighted by Gasteiger charge is -2.16. The van der Waals surface area contributed by atoms with Crippen molar-refractivity contribution in [3.05, 3.63) is 35.4 Å². The van der Waals surface area contributed by atoms with Crippen molar-refractivity contribution >= 4 is 0 Å². The molecule has 0 fully saturated rings. The zero-order valence-corrected chi connectivity index (χ0v) is 7.69. The van der Waals surface area contributed by atoms with Crippen molar-refractivity contribution < 1.29 is 19.0 Å². The quantitative estimate of drug-likeness (QED) is 0.794. The highest BCUT2D eigenvalue weighted by molar-refractivity contribution is 5.22. The summed E-state index contributed by atoms with van der Waals surface area (Å²) in [5.41, 5.74) is -0.349. The van der Waals surface area contributed by atoms with E-state index in [1.165, 1.54) is 6.07 Å². The van der Waals surface area contributed by atoms with Gasteiger partial charge in [0.15, 0.2) is 11.6 Å². The van der Waals surface area contributed by atoms with Gasteiger partial charge in [-0.3, -0.25) is 0 Å². The van der Waals surface area contributed by atoms with Gasteiger partial charge in [0.1, 0.15) is 6.10 Å². The van der Waals surface area contributed by atoms with Crippen molar-refractivity contribution in [3.8, 4) is 6.07 Å². The number of hydrogen-bond donors (Lipinski definition) is 2. The minimum atomic E-state index is -1.60. The molecule has 1 aromatic carbocycles. The van der Waals surface area contributed by atoms with Gasteiger partial charge in [0.2, 0.25) is 0 Å². The lowest BCUT2D eigenvalue weighted by atomic mass is 10.0. The third-order valence-corrected chi connectivity index (χ3v) is 1.96. The summed E-state index contributed by atoms with van der Waals surface area (Å²) in [6, 6.07) is 4.91. The molecule has 2 atom stereocenters. The van der Waals surface area contributed by atoms with E-state index in [-0.39, 0.29) is 12.0 Å². The Labute approximate surface area is 85.2 Å². The van der Waals surface area contributed by atoms with Crippen molar-refractivity contribution in [2.75, 3.05) is 0 Å². The molecular weight excluding hydrogens is 204 g/mol. The number of aliphatic hydroxyl groups is 2. The first-order valence-corrected chi connectivity index (χ1v) is 4.25. The summed E-state index contributed by atoms with van der Waals surface area (Å²) in [6.45, 7) is 0. The van der Waals surface area contributed by atoms with Crippen LogP contribution in [0.25, 0.3) is 0 Å². The molecule has 80 valence electrons. The molecule has 0 heterocycles. The Morgan fingerprint density at radius 3 is 2.60 bits per heavy atom. The monoisotopic (exact) mass is 213 g/mol. The minimum Gasteiger partial charge on any atom is -0.389 e. The molecule has 0 saturated heterocycles. The number of hydrogen-bond acceptors (Lipinski definition) is 3. The lowest BCUT2D eigenvalue weighted by molar-refractivity contribution is 0.0191. The molecular formula is C10H9F2NO2. The van der Waals surface area contributed by atoms with Crippen molar-refractivity contribution in [1.82, 2.24) is 0 Å². The van der Waals surface area contributed by atoms with Crippen LogP contribution in [0, 0.1) is 23.0 Å². The Morgan fingerprint density at radius 1 is 1.33 bits per heavy atom. The van der Waals surface area contributed by atoms with Gasteiger partial charge >= 0.3 is 0 Å². The molecule has 0 saturated carbocycles. The fourth-order valence-electron chi connectivity index (χ4n) is 1.16. The molecule has 0 aliphatic rings. The van der Waals surface area contributed by atoms with Crippen LogP contribution in [0.1, 0.15) is 18.1 Å². The molecule has 2 N–H and O–H groups in total. The molecule has 0 amide bonds. The van der Waals surface area contributed by atoms with Crippen LogP contribution in [0.4, 0.5) is 8.78 Å². The molecule has 0 aliphatic heterocycles. The van der Waals surface area contributed by atoms with Gasteiger partial charge in [0, 0.05) is 5.56 Å². The number of halogens is 2. The molecule has 15 heavy (non-hydrogen) atoms. The summed E-state index contributed by atoms with van der Waals surface area (Å²) in [6.07, 6.45) is -3.37. The van der Waals surface area contributed by atoms with Gasteiger partial charge in [0.25, 0.3) is 0 Å². The number of benzene rings is 1. The molecule has 0 aliphatic carbocycles. The second-order valence-corrected chi connectivity index (χ2v) is 3.02. The molecule has 0 aromatic heterocycles. The van der Waals surface area contributed by atoms with E-state index in [4.69, 9.17) is 5.26 Å². The van der Waals surface area contributed by atoms with Crippen LogP contribution in [0.5, 0.6) is 0 Å². The SMILES string of the molecule is N#CCC(O)C(O)c1cccc(F)c1F. The van der Waals surface area contributed by atoms with Crippen LogP contribution in [-0.2, 0) is 0 Å². The van der Waals surface area contributed by atoms with Crippen molar-refractivity contribution in [3.63, 3.8) is 0 Å². The van der Waals surface area contributed by atoms with Crippen molar-refractivity contribution in [1.29, 1.82) is 5.26 Å². The Bertz CT molecular complexity index is 389. The van der Waals surface area contributed by atoms with E-state index in [9.17, 15) is 19.0 Å². The summed E-state index contributed by atoms with van der Waals surface area (Å²) in [4.78, 5) is 0. The van der Waals surface area contributed by atoms with Gasteiger partial charge in [-0.15, -0.1) is 0 Å². The number of nitriles is 1. The molecule has 3 nitrogen and oxygen atoms in total. The number of rotatable bonds is 3. The smallest absolute Gasteiger partial charge is 0.164 e. The second kappa shape index (κ2) is 4.82. The van der Waals surface area contributed by atoms with Crippen LogP contribution < -0.4 is 0 Å². The van der Waals surface area contributed by atoms with Crippen molar-refractivity contribution in [2.24, 2.45) is 0 Å². The summed E-state index contributed by atoms with van der Waals surface area (Å²) in [5, 5.41) is 26.9. The molecule has 0 spiro atoms. The third-order valence-electron chi connectivity index (χ3n) is 1.96. The van der Waals surface area contributed by atoms with E-state index < -0.39 is 23.8 Å². The van der Waals surface area contributed by atoms with Crippen LogP contribution in [0.2, 0.25) is 0 Å². The van der Waals surface area contributed by atoms with Gasteiger partial charge in [0.05, 0.1) is 18.6 Å². The average Bonchev–Trinajstić information content (AvgIpc) is 2.21. The first-order chi connectivity index (χ1) is 7.07. The Morgan fingerprint density at radius 2 is 2.00 bits per heavy atom. The van der Waals surface area contributed by atoms with Crippen LogP contribution >= 0.6 is 0 Å². The Balaban J connectivity index is 2.96. The second-order valence-electron chi connectivity index (χ2n) is 3.02. The molecule has 5 heteroatoms. The molecule has 1 rings (SSSR count). The molecule has 2 unspecified atom stereocenters. The first-order valence-electron chi connectivity index (χ1n) is 4.25. The van der Waals surface area contributed by atoms with E-state index >= 15 is 0 Å². The van der Waals surface area contributed by atoms with E-state index in [0.29, 0.717) is 0 Å². The average molecular weight is 213 g/mol. The Hall–Kier alpha value is -1.51. The zero-order valence-electron chi connectivity index (χ0n) is 7.69. The predicted octanol–water partition coefficient (Wildman–Crippen LogP) is 1.27. The van der Waals surface area contributed by atoms with Gasteiger partial charge in [-0.05, 0) is 6.07 Å². The maximum absolute atomic E-state index is 13.1. The van der Waals surface area contributed by atoms with E-state index in [1.807, 2.05) is 0 Å². The van der Waals surface area contributed by atoms with Gasteiger partial charge in [-0.2, -0.15) is 5.26 Å². The highest BCUT2D eigenvalue weighted by atomic mass is 19.2. The number of aliphatic hydroxyl groups excluding tert-OH is 2. The summed E-state index contributed by atoms with van der Waals surface area (Å²) in [5.74, 6) is -2.31. The maximum Gasteiger partial charge on any atom is 0.164 e. The molecule has 1 aromatic rings. The van der Waals surface area contributed by atoms with Gasteiger partial charge < -0.3 is 10.2 Å². The lowest BCUT2D eigenvalue weighted by Crippen LogP contribution is -2.19. The number of nitrogens with zero attached hydrogens (tertiary/aromatic N) is 1. The van der Waals surface area contributed by atoms with Crippen molar-refractivity contribution in [2.45, 2.75) is 18.6 Å². The minimum absolute atomic E-state index is 0.349. The maximum atomic E-state index is 13.1. The highest BCUT2D eigenvalue weighted by Crippen LogP contribution is 2.23. The van der Waals surface area contributed by atoms with Crippen LogP contribution in [0.3, 0.4) is 0 Å². The predicted molar refractivity (Wildman–Crippen MR) is 47.6 cm³/mol. The standard InChI is InChI=1S/C10H9F2NO2/c11-7-3-1-2-6(9(7)12)10(15)8(14)4-5-13/h1-3,8,10,14-15H,4H2. The topological polar surface area (TPSA) is 64.2 Å². The molecule has 0 radical (unpaired) electrons. The highest BCUT2D eigenvalue weighted by Gasteiger charge is 2.22. The van der Waals surface area contributed by atoms with Gasteiger partial charge in [-0.1, -0.05) is 12.1 Å². The summed E-state index contributed by atoms with van der Waals surface area (Å²) < 4.78 is 25.9. The van der Waals surface area contributed by atoms with Crippen LogP contribution in [0.15, 0.2) is 18.2 Å². The largest absolute Gasteiger partial charge is 0.389 e. The molecule has 0 bridgehead atoms. The van der Waals surface area contributed by atoms with E-state index in [0.717, 1.165) is 12.1 Å². The normalized spacial score (nSPS) is 14.3.